The summed E-state index contributed by atoms with van der Waals surface area (Å²) in [7, 11) is 0. The molecule has 1 amide bonds. The first kappa shape index (κ1) is 25.3. The molecule has 196 valence electrons. The number of aliphatic hydroxyl groups is 1. The van der Waals surface area contributed by atoms with Gasteiger partial charge in [-0.3, -0.25) is 4.79 Å². The van der Waals surface area contributed by atoms with Gasteiger partial charge in [0.05, 0.1) is 18.1 Å². The van der Waals surface area contributed by atoms with E-state index in [1.165, 1.54) is 11.0 Å². The molecular formula is C29H27NO8. The maximum atomic E-state index is 12.4. The van der Waals surface area contributed by atoms with E-state index in [9.17, 15) is 24.6 Å². The number of aliphatic hydroxyl groups excluding tert-OH is 1. The first-order valence-corrected chi connectivity index (χ1v) is 12.3. The summed E-state index contributed by atoms with van der Waals surface area (Å²) >= 11 is 0. The maximum absolute atomic E-state index is 12.4. The summed E-state index contributed by atoms with van der Waals surface area (Å²) in [5.74, 6) is -1.11. The summed E-state index contributed by atoms with van der Waals surface area (Å²) in [6.07, 6.45) is 2.57. The fourth-order valence-electron chi connectivity index (χ4n) is 5.11. The third kappa shape index (κ3) is 4.68. The van der Waals surface area contributed by atoms with Crippen LogP contribution < -0.4 is 15.1 Å². The average molecular weight is 518 g/mol. The standard InChI is InChI=1S/C29H27NO8/c1-16-22(27(29(34)35)30-26(16)25(17(2)31)28(30)33)4-3-13-36-20-9-5-18(6-10-20)15-37-21-11-7-19-8-12-24(32)38-23(19)14-21/h3-12,14,16-17,25-26,31H,13,15H2,1-2H3,(H,34,35)/b4-3+/t16-,17+,25+,26+/m0/s1. The second-order valence-corrected chi connectivity index (χ2v) is 9.46. The Hall–Kier alpha value is -4.37. The van der Waals surface area contributed by atoms with Crippen LogP contribution in [0.2, 0.25) is 0 Å². The van der Waals surface area contributed by atoms with Crippen molar-refractivity contribution < 1.29 is 33.7 Å². The second-order valence-electron chi connectivity index (χ2n) is 9.46. The largest absolute Gasteiger partial charge is 0.490 e. The van der Waals surface area contributed by atoms with Gasteiger partial charge >= 0.3 is 11.6 Å². The van der Waals surface area contributed by atoms with Crippen molar-refractivity contribution in [3.05, 3.63) is 94.0 Å². The smallest absolute Gasteiger partial charge is 0.352 e. The first-order valence-electron chi connectivity index (χ1n) is 12.3. The van der Waals surface area contributed by atoms with Crippen LogP contribution in [0.1, 0.15) is 19.4 Å². The summed E-state index contributed by atoms with van der Waals surface area (Å²) in [6, 6.07) is 15.4. The summed E-state index contributed by atoms with van der Waals surface area (Å²) in [5.41, 5.74) is 1.48. The highest BCUT2D eigenvalue weighted by Crippen LogP contribution is 2.47. The Morgan fingerprint density at radius 2 is 1.79 bits per heavy atom. The molecule has 0 radical (unpaired) electrons. The number of carbonyl (C=O) groups is 2. The number of carboxylic acids is 1. The number of ether oxygens (including phenoxy) is 2. The Labute approximate surface area is 218 Å². The summed E-state index contributed by atoms with van der Waals surface area (Å²) in [4.78, 5) is 37.0. The van der Waals surface area contributed by atoms with Gasteiger partial charge in [0.1, 0.15) is 36.0 Å². The van der Waals surface area contributed by atoms with Gasteiger partial charge in [-0.05, 0) is 54.5 Å². The van der Waals surface area contributed by atoms with Crippen LogP contribution in [-0.4, -0.2) is 45.7 Å². The Bertz CT molecular complexity index is 1500. The van der Waals surface area contributed by atoms with E-state index in [1.54, 1.807) is 31.2 Å². The minimum Gasteiger partial charge on any atom is -0.490 e. The lowest BCUT2D eigenvalue weighted by Crippen LogP contribution is -2.63. The zero-order valence-electron chi connectivity index (χ0n) is 20.9. The third-order valence-electron chi connectivity index (χ3n) is 7.00. The van der Waals surface area contributed by atoms with E-state index in [-0.39, 0.29) is 30.2 Å². The number of benzene rings is 2. The van der Waals surface area contributed by atoms with Gasteiger partial charge in [0.25, 0.3) is 0 Å². The van der Waals surface area contributed by atoms with E-state index in [1.807, 2.05) is 43.3 Å². The zero-order chi connectivity index (χ0) is 27.0. The van der Waals surface area contributed by atoms with E-state index in [2.05, 4.69) is 0 Å². The topological polar surface area (TPSA) is 127 Å². The summed E-state index contributed by atoms with van der Waals surface area (Å²) < 4.78 is 16.8. The van der Waals surface area contributed by atoms with Crippen molar-refractivity contribution in [1.82, 2.24) is 4.90 Å². The van der Waals surface area contributed by atoms with Crippen LogP contribution in [0.4, 0.5) is 0 Å². The van der Waals surface area contributed by atoms with Crippen molar-refractivity contribution >= 4 is 22.8 Å². The predicted molar refractivity (Wildman–Crippen MR) is 138 cm³/mol. The van der Waals surface area contributed by atoms with Crippen molar-refractivity contribution in [2.45, 2.75) is 32.6 Å². The van der Waals surface area contributed by atoms with Gasteiger partial charge in [0.15, 0.2) is 0 Å². The van der Waals surface area contributed by atoms with Crippen LogP contribution in [0.15, 0.2) is 87.2 Å². The molecule has 3 heterocycles. The highest BCUT2D eigenvalue weighted by Gasteiger charge is 2.59. The predicted octanol–water partition coefficient (Wildman–Crippen LogP) is 3.50. The molecule has 0 bridgehead atoms. The van der Waals surface area contributed by atoms with Gasteiger partial charge in [-0.1, -0.05) is 25.1 Å². The maximum Gasteiger partial charge on any atom is 0.352 e. The molecule has 9 heteroatoms. The number of rotatable bonds is 9. The van der Waals surface area contributed by atoms with E-state index in [4.69, 9.17) is 13.9 Å². The van der Waals surface area contributed by atoms with Gasteiger partial charge in [0.2, 0.25) is 5.91 Å². The van der Waals surface area contributed by atoms with Crippen molar-refractivity contribution in [1.29, 1.82) is 0 Å². The number of fused-ring (bicyclic) bond motifs is 2. The number of hydrogen-bond acceptors (Lipinski definition) is 7. The van der Waals surface area contributed by atoms with E-state index < -0.39 is 23.6 Å². The van der Waals surface area contributed by atoms with E-state index >= 15 is 0 Å². The van der Waals surface area contributed by atoms with Crippen molar-refractivity contribution in [3.63, 3.8) is 0 Å². The SMILES string of the molecule is C[C@@H](O)[C@H]1C(=O)N2C(C(=O)O)=C(/C=C/COc3ccc(COc4ccc5ccc(=O)oc5c4)cc3)[C@H](C)[C@H]12. The minimum absolute atomic E-state index is 0.0291. The molecule has 9 nitrogen and oxygen atoms in total. The average Bonchev–Trinajstić information content (AvgIpc) is 3.13. The Kier molecular flexibility index (Phi) is 6.77. The van der Waals surface area contributed by atoms with Crippen LogP contribution in [0.3, 0.4) is 0 Å². The molecule has 2 aromatic carbocycles. The number of allylic oxidation sites excluding steroid dienone is 1. The second kappa shape index (κ2) is 10.2. The van der Waals surface area contributed by atoms with E-state index in [0.717, 1.165) is 10.9 Å². The molecule has 2 aliphatic heterocycles. The van der Waals surface area contributed by atoms with Gasteiger partial charge in [0, 0.05) is 23.4 Å². The number of nitrogens with zero attached hydrogens (tertiary/aromatic N) is 1. The normalized spacial score (nSPS) is 21.5. The molecule has 0 unspecified atom stereocenters. The first-order chi connectivity index (χ1) is 18.2. The molecule has 0 spiro atoms. The van der Waals surface area contributed by atoms with Crippen LogP contribution in [0.5, 0.6) is 11.5 Å². The Morgan fingerprint density at radius 1 is 1.08 bits per heavy atom. The monoisotopic (exact) mass is 517 g/mol. The lowest BCUT2D eigenvalue weighted by atomic mass is 9.78. The number of carboxylic acid groups (broad SMARTS) is 1. The van der Waals surface area contributed by atoms with Crippen LogP contribution >= 0.6 is 0 Å². The van der Waals surface area contributed by atoms with Crippen LogP contribution in [-0.2, 0) is 16.2 Å². The minimum atomic E-state index is -1.16. The fraction of sp³-hybridized carbons (Fsp3) is 0.276. The molecule has 0 aliphatic carbocycles. The Morgan fingerprint density at radius 3 is 2.50 bits per heavy atom. The van der Waals surface area contributed by atoms with Gasteiger partial charge in [-0.25, -0.2) is 9.59 Å². The van der Waals surface area contributed by atoms with Crippen LogP contribution in [0.25, 0.3) is 11.0 Å². The van der Waals surface area contributed by atoms with Gasteiger partial charge in [-0.2, -0.15) is 0 Å². The van der Waals surface area contributed by atoms with Gasteiger partial charge in [-0.15, -0.1) is 0 Å². The quantitative estimate of drug-likeness (QED) is 0.326. The molecule has 0 saturated carbocycles. The van der Waals surface area contributed by atoms with Crippen molar-refractivity contribution in [2.75, 3.05) is 6.61 Å². The highest BCUT2D eigenvalue weighted by molar-refractivity contribution is 6.00. The van der Waals surface area contributed by atoms with Crippen LogP contribution in [0, 0.1) is 11.8 Å². The number of β-lactam (4-membered cyclic amide) rings is 1. The molecule has 1 aromatic heterocycles. The number of aliphatic carboxylic acids is 1. The Balaban J connectivity index is 1.17. The molecule has 2 N–H and O–H groups in total. The number of carbonyl (C=O) groups excluding carboxylic acids is 1. The molecule has 1 saturated heterocycles. The third-order valence-corrected chi connectivity index (χ3v) is 7.00. The molecule has 3 aromatic rings. The summed E-state index contributed by atoms with van der Waals surface area (Å²) in [6.45, 7) is 3.94. The lowest BCUT2D eigenvalue weighted by molar-refractivity contribution is -0.163. The number of amides is 1. The molecule has 4 atom stereocenters. The molecular weight excluding hydrogens is 490 g/mol. The molecule has 38 heavy (non-hydrogen) atoms. The van der Waals surface area contributed by atoms with Gasteiger partial charge < -0.3 is 29.0 Å². The number of hydrogen-bond donors (Lipinski definition) is 2. The summed E-state index contributed by atoms with van der Waals surface area (Å²) in [5, 5.41) is 20.5. The molecule has 2 aliphatic rings. The van der Waals surface area contributed by atoms with Crippen molar-refractivity contribution in [2.24, 2.45) is 11.8 Å². The zero-order valence-corrected chi connectivity index (χ0v) is 20.9. The lowest BCUT2D eigenvalue weighted by Gasteiger charge is -2.46. The van der Waals surface area contributed by atoms with E-state index in [0.29, 0.717) is 29.3 Å². The molecule has 5 rings (SSSR count). The fourth-order valence-corrected chi connectivity index (χ4v) is 5.11. The molecule has 1 fully saturated rings. The highest BCUT2D eigenvalue weighted by atomic mass is 16.5. The van der Waals surface area contributed by atoms with Crippen molar-refractivity contribution in [3.8, 4) is 11.5 Å².